The van der Waals surface area contributed by atoms with E-state index in [1.165, 1.54) is 0 Å². The largest absolute Gasteiger partial charge is 0.369 e. The zero-order chi connectivity index (χ0) is 17.9. The molecule has 6 heteroatoms. The molecule has 1 amide bonds. The van der Waals surface area contributed by atoms with Crippen molar-refractivity contribution in [2.24, 2.45) is 0 Å². The number of rotatable bonds is 5. The molecule has 0 bridgehead atoms. The van der Waals surface area contributed by atoms with Crippen LogP contribution in [0.5, 0.6) is 0 Å². The normalized spacial score (nSPS) is 11.5. The molecular weight excluding hydrogens is 314 g/mol. The van der Waals surface area contributed by atoms with Gasteiger partial charge in [-0.25, -0.2) is 4.98 Å². The molecular formula is C19H23N5O. The summed E-state index contributed by atoms with van der Waals surface area (Å²) in [5.41, 5.74) is 2.42. The lowest BCUT2D eigenvalue weighted by molar-refractivity contribution is -0.122. The van der Waals surface area contributed by atoms with Crippen molar-refractivity contribution in [3.8, 4) is 11.3 Å². The minimum absolute atomic E-state index is 0.0248. The fourth-order valence-electron chi connectivity index (χ4n) is 2.65. The Morgan fingerprint density at radius 3 is 2.68 bits per heavy atom. The zero-order valence-electron chi connectivity index (χ0n) is 14.8. The van der Waals surface area contributed by atoms with Crippen molar-refractivity contribution in [1.29, 1.82) is 0 Å². The Labute approximate surface area is 147 Å². The van der Waals surface area contributed by atoms with Crippen LogP contribution in [-0.4, -0.2) is 32.4 Å². The number of amides is 1. The molecule has 2 N–H and O–H groups in total. The highest BCUT2D eigenvalue weighted by atomic mass is 16.1. The highest BCUT2D eigenvalue weighted by Gasteiger charge is 2.16. The number of nitrogens with one attached hydrogen (secondary N) is 2. The maximum atomic E-state index is 12.0. The number of aromatic nitrogens is 3. The number of anilines is 1. The van der Waals surface area contributed by atoms with Crippen molar-refractivity contribution in [1.82, 2.24) is 19.7 Å². The quantitative estimate of drug-likeness (QED) is 0.750. The van der Waals surface area contributed by atoms with Gasteiger partial charge < -0.3 is 10.6 Å². The third kappa shape index (κ3) is 4.15. The molecule has 6 nitrogen and oxygen atoms in total. The van der Waals surface area contributed by atoms with E-state index in [0.29, 0.717) is 13.0 Å². The number of hydrogen-bond acceptors (Lipinski definition) is 4. The van der Waals surface area contributed by atoms with Gasteiger partial charge in [0.2, 0.25) is 5.91 Å². The van der Waals surface area contributed by atoms with Gasteiger partial charge in [-0.3, -0.25) is 14.2 Å². The van der Waals surface area contributed by atoms with Gasteiger partial charge >= 0.3 is 0 Å². The van der Waals surface area contributed by atoms with Gasteiger partial charge in [-0.15, -0.1) is 0 Å². The van der Waals surface area contributed by atoms with Crippen LogP contribution in [0.25, 0.3) is 16.9 Å². The highest BCUT2D eigenvalue weighted by molar-refractivity contribution is 5.79. The van der Waals surface area contributed by atoms with Crippen LogP contribution in [0.15, 0.2) is 48.9 Å². The smallest absolute Gasteiger partial charge is 0.222 e. The van der Waals surface area contributed by atoms with E-state index in [2.05, 4.69) is 20.6 Å². The van der Waals surface area contributed by atoms with E-state index in [0.717, 1.165) is 22.7 Å². The molecule has 0 fully saturated rings. The molecule has 0 saturated heterocycles. The minimum atomic E-state index is -0.221. The average Bonchev–Trinajstić information content (AvgIpc) is 2.93. The fraction of sp³-hybridized carbons (Fsp3) is 0.316. The molecule has 1 aromatic carbocycles. The molecule has 0 saturated carbocycles. The summed E-state index contributed by atoms with van der Waals surface area (Å²) < 4.78 is 1.96. The number of carbonyl (C=O) groups excluding carboxylic acids is 1. The van der Waals surface area contributed by atoms with Gasteiger partial charge in [-0.05, 0) is 20.8 Å². The van der Waals surface area contributed by atoms with Crippen LogP contribution >= 0.6 is 0 Å². The predicted octanol–water partition coefficient (Wildman–Crippen LogP) is 3.11. The van der Waals surface area contributed by atoms with E-state index < -0.39 is 0 Å². The lowest BCUT2D eigenvalue weighted by Crippen LogP contribution is -2.41. The number of benzene rings is 1. The number of hydrogen-bond donors (Lipinski definition) is 2. The summed E-state index contributed by atoms with van der Waals surface area (Å²) in [5, 5.41) is 6.33. The Bertz CT molecular complexity index is 864. The second-order valence-electron chi connectivity index (χ2n) is 6.95. The maximum absolute atomic E-state index is 12.0. The van der Waals surface area contributed by atoms with Crippen molar-refractivity contribution in [2.75, 3.05) is 11.9 Å². The summed E-state index contributed by atoms with van der Waals surface area (Å²) in [7, 11) is 0. The Morgan fingerprint density at radius 2 is 1.96 bits per heavy atom. The monoisotopic (exact) mass is 337 g/mol. The molecule has 2 heterocycles. The lowest BCUT2D eigenvalue weighted by Gasteiger charge is -2.20. The topological polar surface area (TPSA) is 71.3 Å². The molecule has 0 aliphatic heterocycles. The molecule has 130 valence electrons. The molecule has 25 heavy (non-hydrogen) atoms. The van der Waals surface area contributed by atoms with Crippen molar-refractivity contribution >= 4 is 17.4 Å². The first-order valence-electron chi connectivity index (χ1n) is 8.36. The summed E-state index contributed by atoms with van der Waals surface area (Å²) in [4.78, 5) is 20.8. The predicted molar refractivity (Wildman–Crippen MR) is 99.4 cm³/mol. The van der Waals surface area contributed by atoms with E-state index in [1.807, 2.05) is 61.7 Å². The maximum Gasteiger partial charge on any atom is 0.222 e. The minimum Gasteiger partial charge on any atom is -0.369 e. The molecule has 0 aliphatic rings. The van der Waals surface area contributed by atoms with Crippen LogP contribution < -0.4 is 10.6 Å². The Hall–Kier alpha value is -2.89. The first-order valence-corrected chi connectivity index (χ1v) is 8.36. The molecule has 3 rings (SSSR count). The first-order chi connectivity index (χ1) is 11.9. The summed E-state index contributed by atoms with van der Waals surface area (Å²) in [6.07, 6.45) is 5.71. The molecule has 0 radical (unpaired) electrons. The summed E-state index contributed by atoms with van der Waals surface area (Å²) in [6.45, 7) is 6.45. The van der Waals surface area contributed by atoms with Gasteiger partial charge in [0.1, 0.15) is 11.5 Å². The van der Waals surface area contributed by atoms with Crippen LogP contribution in [-0.2, 0) is 4.79 Å². The third-order valence-corrected chi connectivity index (χ3v) is 3.64. The van der Waals surface area contributed by atoms with Gasteiger partial charge in [0.05, 0.1) is 6.20 Å². The first kappa shape index (κ1) is 17.0. The number of carbonyl (C=O) groups is 1. The lowest BCUT2D eigenvalue weighted by atomic mass is 10.1. The zero-order valence-corrected chi connectivity index (χ0v) is 14.8. The van der Waals surface area contributed by atoms with Gasteiger partial charge in [0.15, 0.2) is 5.65 Å². The van der Waals surface area contributed by atoms with E-state index >= 15 is 0 Å². The number of nitrogens with zero attached hydrogens (tertiary/aromatic N) is 3. The average molecular weight is 337 g/mol. The molecule has 0 atom stereocenters. The number of fused-ring (bicyclic) bond motifs is 1. The Morgan fingerprint density at radius 1 is 1.20 bits per heavy atom. The molecule has 3 aromatic rings. The van der Waals surface area contributed by atoms with E-state index in [1.54, 1.807) is 12.4 Å². The molecule has 2 aromatic heterocycles. The SMILES string of the molecule is CC(C)(C)NC(=O)CCNc1c(-c2ccccc2)nc2cnccn12. The summed E-state index contributed by atoms with van der Waals surface area (Å²) in [6, 6.07) is 9.99. The van der Waals surface area contributed by atoms with E-state index in [9.17, 15) is 4.79 Å². The summed E-state index contributed by atoms with van der Waals surface area (Å²) in [5.74, 6) is 0.893. The second kappa shape index (κ2) is 6.93. The van der Waals surface area contributed by atoms with E-state index in [-0.39, 0.29) is 11.4 Å². The molecule has 0 aliphatic carbocycles. The van der Waals surface area contributed by atoms with Gasteiger partial charge in [0, 0.05) is 36.5 Å². The van der Waals surface area contributed by atoms with E-state index in [4.69, 9.17) is 0 Å². The van der Waals surface area contributed by atoms with Crippen LogP contribution in [0, 0.1) is 0 Å². The van der Waals surface area contributed by atoms with Crippen LogP contribution in [0.2, 0.25) is 0 Å². The van der Waals surface area contributed by atoms with Crippen molar-refractivity contribution in [3.05, 3.63) is 48.9 Å². The number of imidazole rings is 1. The van der Waals surface area contributed by atoms with Gasteiger partial charge in [0.25, 0.3) is 0 Å². The van der Waals surface area contributed by atoms with Gasteiger partial charge in [-0.2, -0.15) is 0 Å². The van der Waals surface area contributed by atoms with Gasteiger partial charge in [-0.1, -0.05) is 30.3 Å². The third-order valence-electron chi connectivity index (χ3n) is 3.64. The summed E-state index contributed by atoms with van der Waals surface area (Å²) >= 11 is 0. The van der Waals surface area contributed by atoms with Crippen LogP contribution in [0.3, 0.4) is 0 Å². The van der Waals surface area contributed by atoms with Crippen molar-refractivity contribution < 1.29 is 4.79 Å². The van der Waals surface area contributed by atoms with Crippen molar-refractivity contribution in [3.63, 3.8) is 0 Å². The molecule has 0 unspecified atom stereocenters. The molecule has 0 spiro atoms. The van der Waals surface area contributed by atoms with Crippen LogP contribution in [0.1, 0.15) is 27.2 Å². The second-order valence-corrected chi connectivity index (χ2v) is 6.95. The standard InChI is InChI=1S/C19H23N5O/c1-19(2,3)23-16(25)9-10-21-18-17(14-7-5-4-6-8-14)22-15-13-20-11-12-24(15)18/h4-8,11-13,21H,9-10H2,1-3H3,(H,23,25). The Balaban J connectivity index is 1.81. The Kier molecular flexibility index (Phi) is 4.70. The van der Waals surface area contributed by atoms with Crippen LogP contribution in [0.4, 0.5) is 5.82 Å². The van der Waals surface area contributed by atoms with Crippen molar-refractivity contribution in [2.45, 2.75) is 32.7 Å². The fourth-order valence-corrected chi connectivity index (χ4v) is 2.65. The highest BCUT2D eigenvalue weighted by Crippen LogP contribution is 2.28.